The molecule has 3 aliphatic heterocycles. The second kappa shape index (κ2) is 10.2. The molecule has 1 aromatic carbocycles. The Labute approximate surface area is 176 Å². The van der Waals surface area contributed by atoms with Gasteiger partial charge in [0.1, 0.15) is 6.10 Å². The van der Waals surface area contributed by atoms with E-state index in [4.69, 9.17) is 10.00 Å². The molecular formula is C18H24IN7O. The van der Waals surface area contributed by atoms with Crippen molar-refractivity contribution in [3.05, 3.63) is 47.5 Å². The monoisotopic (exact) mass is 481 g/mol. The van der Waals surface area contributed by atoms with Crippen LogP contribution in [0.15, 0.2) is 46.6 Å². The van der Waals surface area contributed by atoms with Gasteiger partial charge in [0.25, 0.3) is 0 Å². The van der Waals surface area contributed by atoms with Crippen LogP contribution in [0.4, 0.5) is 0 Å². The zero-order chi connectivity index (χ0) is 18.4. The number of hydrazone groups is 2. The van der Waals surface area contributed by atoms with Crippen molar-refractivity contribution in [1.29, 1.82) is 5.26 Å². The third-order valence-corrected chi connectivity index (χ3v) is 4.15. The lowest BCUT2D eigenvalue weighted by Crippen LogP contribution is -2.46. The predicted octanol–water partition coefficient (Wildman–Crippen LogP) is 2.29. The molecule has 1 unspecified atom stereocenters. The summed E-state index contributed by atoms with van der Waals surface area (Å²) in [4.78, 5) is 2.20. The summed E-state index contributed by atoms with van der Waals surface area (Å²) in [6.07, 6.45) is 4.30. The van der Waals surface area contributed by atoms with Crippen molar-refractivity contribution < 1.29 is 4.74 Å². The van der Waals surface area contributed by atoms with E-state index in [2.05, 4.69) is 32.2 Å². The van der Waals surface area contributed by atoms with Gasteiger partial charge in [0.15, 0.2) is 11.7 Å². The number of amidine groups is 2. The fourth-order valence-electron chi connectivity index (χ4n) is 2.87. The number of fused-ring (bicyclic) bond motifs is 1. The molecule has 0 aromatic heterocycles. The molecule has 0 aliphatic carbocycles. The number of hydrazine groups is 2. The van der Waals surface area contributed by atoms with E-state index in [0.717, 1.165) is 35.9 Å². The number of benzene rings is 1. The van der Waals surface area contributed by atoms with E-state index in [0.29, 0.717) is 13.0 Å². The standard InChI is InChI=1S/C16H17N7O.C2H6.HI/c17-8-7-12-1-3-13(4-2-12)14-11-22(9-10-24-14)16-6-5-15-18-20-21-23(15)19-16;1-2;/h1-6,14,20-21H,7,9-11H2;1-2H3;1H. The molecular weight excluding hydrogens is 457 g/mol. The van der Waals surface area contributed by atoms with E-state index in [9.17, 15) is 0 Å². The van der Waals surface area contributed by atoms with E-state index in [1.54, 1.807) is 5.12 Å². The molecule has 3 heterocycles. The maximum atomic E-state index is 8.76. The maximum Gasteiger partial charge on any atom is 0.189 e. The van der Waals surface area contributed by atoms with Crippen LogP contribution in [-0.4, -0.2) is 41.4 Å². The Morgan fingerprint density at radius 1 is 1.22 bits per heavy atom. The second-order valence-corrected chi connectivity index (χ2v) is 5.68. The van der Waals surface area contributed by atoms with Crippen LogP contribution in [0, 0.1) is 11.3 Å². The van der Waals surface area contributed by atoms with Crippen LogP contribution in [-0.2, 0) is 11.2 Å². The van der Waals surface area contributed by atoms with Gasteiger partial charge in [-0.25, -0.2) is 5.53 Å². The molecule has 1 saturated heterocycles. The molecule has 8 nitrogen and oxygen atoms in total. The molecule has 0 spiro atoms. The number of nitrogens with one attached hydrogen (secondary N) is 2. The molecule has 4 rings (SSSR count). The van der Waals surface area contributed by atoms with Crippen molar-refractivity contribution in [2.75, 3.05) is 19.7 Å². The largest absolute Gasteiger partial charge is 0.370 e. The smallest absolute Gasteiger partial charge is 0.189 e. The highest BCUT2D eigenvalue weighted by molar-refractivity contribution is 14.0. The number of halogens is 1. The fourth-order valence-corrected chi connectivity index (χ4v) is 2.87. The minimum Gasteiger partial charge on any atom is -0.370 e. The highest BCUT2D eigenvalue weighted by Gasteiger charge is 2.26. The van der Waals surface area contributed by atoms with Crippen molar-refractivity contribution >= 4 is 35.6 Å². The second-order valence-electron chi connectivity index (χ2n) is 5.68. The van der Waals surface area contributed by atoms with Crippen LogP contribution in [0.5, 0.6) is 0 Å². The van der Waals surface area contributed by atoms with Crippen LogP contribution in [0.1, 0.15) is 31.1 Å². The van der Waals surface area contributed by atoms with Gasteiger partial charge in [0, 0.05) is 13.1 Å². The number of nitriles is 1. The van der Waals surface area contributed by atoms with Gasteiger partial charge in [-0.15, -0.1) is 39.7 Å². The maximum absolute atomic E-state index is 8.76. The third kappa shape index (κ3) is 4.97. The van der Waals surface area contributed by atoms with Crippen LogP contribution in [0.25, 0.3) is 0 Å². The average Bonchev–Trinajstić information content (AvgIpc) is 3.18. The van der Waals surface area contributed by atoms with Crippen LogP contribution >= 0.6 is 24.0 Å². The zero-order valence-electron chi connectivity index (χ0n) is 15.4. The van der Waals surface area contributed by atoms with E-state index < -0.39 is 0 Å². The van der Waals surface area contributed by atoms with Crippen molar-refractivity contribution in [2.45, 2.75) is 26.4 Å². The average molecular weight is 481 g/mol. The van der Waals surface area contributed by atoms with Gasteiger partial charge < -0.3 is 9.64 Å². The zero-order valence-corrected chi connectivity index (χ0v) is 17.8. The number of hydrogen-bond donors (Lipinski definition) is 2. The third-order valence-electron chi connectivity index (χ3n) is 4.15. The van der Waals surface area contributed by atoms with Gasteiger partial charge in [-0.05, 0) is 23.3 Å². The van der Waals surface area contributed by atoms with Gasteiger partial charge in [-0.2, -0.15) is 10.4 Å². The van der Waals surface area contributed by atoms with Gasteiger partial charge in [0.05, 0.1) is 19.1 Å². The van der Waals surface area contributed by atoms with E-state index in [1.807, 2.05) is 50.3 Å². The van der Waals surface area contributed by atoms with E-state index >= 15 is 0 Å². The lowest BCUT2D eigenvalue weighted by atomic mass is 10.0. The van der Waals surface area contributed by atoms with Crippen molar-refractivity contribution in [1.82, 2.24) is 21.1 Å². The Morgan fingerprint density at radius 2 is 1.96 bits per heavy atom. The topological polar surface area (TPSA) is 88.3 Å². The summed E-state index contributed by atoms with van der Waals surface area (Å²) >= 11 is 0. The van der Waals surface area contributed by atoms with Crippen molar-refractivity contribution in [2.24, 2.45) is 10.2 Å². The van der Waals surface area contributed by atoms with Crippen LogP contribution in [0.2, 0.25) is 0 Å². The first-order valence-corrected chi connectivity index (χ1v) is 8.81. The summed E-state index contributed by atoms with van der Waals surface area (Å²) in [5.74, 6) is 1.61. The quantitative estimate of drug-likeness (QED) is 0.631. The minimum absolute atomic E-state index is 0. The number of nitrogens with zero attached hydrogens (tertiary/aromatic N) is 5. The molecule has 3 aliphatic rings. The number of ether oxygens (including phenoxy) is 1. The molecule has 0 radical (unpaired) electrons. The highest BCUT2D eigenvalue weighted by atomic mass is 127. The minimum atomic E-state index is -0.00860. The summed E-state index contributed by atoms with van der Waals surface area (Å²) in [5.41, 5.74) is 7.66. The van der Waals surface area contributed by atoms with E-state index in [-0.39, 0.29) is 30.1 Å². The number of rotatable bonds is 2. The summed E-state index contributed by atoms with van der Waals surface area (Å²) in [6, 6.07) is 10.2. The Balaban J connectivity index is 0.000000844. The predicted molar refractivity (Wildman–Crippen MR) is 115 cm³/mol. The number of hydrogen-bond acceptors (Lipinski definition) is 8. The molecule has 2 N–H and O–H groups in total. The molecule has 1 aromatic rings. The molecule has 0 amide bonds. The fraction of sp³-hybridized carbons (Fsp3) is 0.389. The highest BCUT2D eigenvalue weighted by Crippen LogP contribution is 2.24. The molecule has 1 atom stereocenters. The summed E-state index contributed by atoms with van der Waals surface area (Å²) < 4.78 is 5.92. The normalized spacial score (nSPS) is 20.1. The first-order valence-electron chi connectivity index (χ1n) is 8.81. The van der Waals surface area contributed by atoms with Gasteiger partial charge in [-0.3, -0.25) is 0 Å². The Bertz CT molecular complexity index is 754. The van der Waals surface area contributed by atoms with Crippen molar-refractivity contribution in [3.8, 4) is 6.07 Å². The van der Waals surface area contributed by atoms with Crippen LogP contribution in [0.3, 0.4) is 0 Å². The SMILES string of the molecule is CC.I.N#CCc1ccc(C2CN(C3=NN4NNN=C4C=C3)CCO2)cc1. The molecule has 27 heavy (non-hydrogen) atoms. The summed E-state index contributed by atoms with van der Waals surface area (Å²) in [6.45, 7) is 6.17. The molecule has 0 bridgehead atoms. The lowest BCUT2D eigenvalue weighted by Gasteiger charge is -2.35. The molecule has 9 heteroatoms. The molecule has 1 fully saturated rings. The summed E-state index contributed by atoms with van der Waals surface area (Å²) in [5, 5.41) is 18.9. The van der Waals surface area contributed by atoms with Gasteiger partial charge in [0.2, 0.25) is 0 Å². The Kier molecular flexibility index (Phi) is 8.02. The van der Waals surface area contributed by atoms with Gasteiger partial charge in [-0.1, -0.05) is 38.1 Å². The number of morpholine rings is 1. The first-order chi connectivity index (χ1) is 12.8. The lowest BCUT2D eigenvalue weighted by molar-refractivity contribution is -0.00712. The Morgan fingerprint density at radius 3 is 2.70 bits per heavy atom. The first kappa shape index (κ1) is 21.1. The molecule has 144 valence electrons. The van der Waals surface area contributed by atoms with Crippen LogP contribution < -0.4 is 11.1 Å². The Hall–Kier alpha value is -2.16. The molecule has 0 saturated carbocycles. The van der Waals surface area contributed by atoms with E-state index in [1.165, 1.54) is 0 Å². The summed E-state index contributed by atoms with van der Waals surface area (Å²) in [7, 11) is 0. The van der Waals surface area contributed by atoms with Gasteiger partial charge >= 0.3 is 0 Å². The van der Waals surface area contributed by atoms with Crippen molar-refractivity contribution in [3.63, 3.8) is 0 Å².